The van der Waals surface area contributed by atoms with Crippen molar-refractivity contribution < 1.29 is 32.6 Å². The number of nitrogens with two attached hydrogens (primary N) is 2. The average Bonchev–Trinajstić information content (AvgIpc) is 2.81. The van der Waals surface area contributed by atoms with Crippen LogP contribution < -0.4 is 21.5 Å². The molecule has 6 N–H and O–H groups in total. The third kappa shape index (κ3) is 9.53. The summed E-state index contributed by atoms with van der Waals surface area (Å²) in [5.41, 5.74) is 12.2. The summed E-state index contributed by atoms with van der Waals surface area (Å²) in [6.07, 6.45) is -1.70. The number of benzene rings is 1. The molecule has 0 aliphatic heterocycles. The first-order valence-electron chi connectivity index (χ1n) is 11.6. The number of nitrogens with zero attached hydrogens (tertiary/aromatic N) is 3. The summed E-state index contributed by atoms with van der Waals surface area (Å²) in [6, 6.07) is 8.11. The van der Waals surface area contributed by atoms with Crippen molar-refractivity contribution in [1.29, 1.82) is 0 Å². The number of nitrogen functional groups attached to an aromatic ring is 2. The van der Waals surface area contributed by atoms with Crippen molar-refractivity contribution in [3.8, 4) is 5.75 Å². The number of carboxylic acids is 1. The lowest BCUT2D eigenvalue weighted by Gasteiger charge is -2.42. The first kappa shape index (κ1) is 32.7. The molecule has 0 fully saturated rings. The zero-order valence-electron chi connectivity index (χ0n) is 21.9. The summed E-state index contributed by atoms with van der Waals surface area (Å²) in [7, 11) is 5.70. The van der Waals surface area contributed by atoms with Gasteiger partial charge in [-0.15, -0.1) is 0 Å². The number of anilines is 2. The Hall–Kier alpha value is -3.32. The standard InChI is InChI=1S/C22H33ClN6O2.C2HF3O2/c1-6-13-22(2,28-21(30)17-19(24)27-20(25)18(23)26-17)16(29(3)4)12-9-14-7-10-15(31-5)11-8-14;3-2(4,5)1(6)7/h7-8,10-11,16H,6,9,12-13H2,1-5H3,(H,28,30)(H4,24,25,27);(H,6,7)/t16-,22?;/m0./s1. The molecule has 1 unspecified atom stereocenters. The number of hydrogen-bond donors (Lipinski definition) is 4. The normalized spacial score (nSPS) is 13.6. The Labute approximate surface area is 224 Å². The Morgan fingerprint density at radius 1 is 1.16 bits per heavy atom. The van der Waals surface area contributed by atoms with E-state index in [9.17, 15) is 18.0 Å². The highest BCUT2D eigenvalue weighted by atomic mass is 35.5. The van der Waals surface area contributed by atoms with E-state index in [4.69, 9.17) is 37.7 Å². The maximum atomic E-state index is 13.1. The Bertz CT molecular complexity index is 1090. The minimum Gasteiger partial charge on any atom is -0.497 e. The second-order valence-corrected chi connectivity index (χ2v) is 9.28. The lowest BCUT2D eigenvalue weighted by Crippen LogP contribution is -2.59. The topological polar surface area (TPSA) is 157 Å². The molecule has 2 atom stereocenters. The molecule has 1 aromatic heterocycles. The first-order valence-corrected chi connectivity index (χ1v) is 11.9. The first-order chi connectivity index (χ1) is 17.5. The maximum absolute atomic E-state index is 13.1. The molecule has 1 amide bonds. The van der Waals surface area contributed by atoms with Gasteiger partial charge in [0.15, 0.2) is 22.5 Å². The predicted molar refractivity (Wildman–Crippen MR) is 139 cm³/mol. The van der Waals surface area contributed by atoms with Crippen molar-refractivity contribution in [3.63, 3.8) is 0 Å². The van der Waals surface area contributed by atoms with E-state index in [2.05, 4.69) is 46.2 Å². The lowest BCUT2D eigenvalue weighted by molar-refractivity contribution is -0.192. The van der Waals surface area contributed by atoms with Crippen LogP contribution in [0.5, 0.6) is 5.75 Å². The molecule has 2 aromatic rings. The number of alkyl halides is 3. The number of halogens is 4. The monoisotopic (exact) mass is 562 g/mol. The number of hydrogen-bond acceptors (Lipinski definition) is 8. The van der Waals surface area contributed by atoms with E-state index in [0.29, 0.717) is 0 Å². The SMILES string of the molecule is CCCC(C)(NC(=O)c1nc(Cl)c(N)nc1N)[C@H](CCc1ccc(OC)cc1)N(C)C.O=C(O)C(F)(F)F. The smallest absolute Gasteiger partial charge is 0.490 e. The van der Waals surface area contributed by atoms with E-state index in [0.717, 1.165) is 31.4 Å². The number of nitrogens with one attached hydrogen (secondary N) is 1. The number of carbonyl (C=O) groups excluding carboxylic acids is 1. The number of rotatable bonds is 10. The number of likely N-dealkylation sites (N-methyl/N-ethyl adjacent to an activating group) is 1. The molecule has 10 nitrogen and oxygen atoms in total. The van der Waals surface area contributed by atoms with Crippen molar-refractivity contribution in [1.82, 2.24) is 20.2 Å². The van der Waals surface area contributed by atoms with Crippen molar-refractivity contribution in [2.75, 3.05) is 32.7 Å². The van der Waals surface area contributed by atoms with Crippen LogP contribution in [0.1, 0.15) is 49.2 Å². The molecule has 0 saturated heterocycles. The van der Waals surface area contributed by atoms with E-state index in [1.165, 1.54) is 5.56 Å². The van der Waals surface area contributed by atoms with Gasteiger partial charge < -0.3 is 31.5 Å². The molecule has 0 spiro atoms. The van der Waals surface area contributed by atoms with E-state index < -0.39 is 23.6 Å². The number of carbonyl (C=O) groups is 2. The van der Waals surface area contributed by atoms with Gasteiger partial charge >= 0.3 is 12.1 Å². The summed E-state index contributed by atoms with van der Waals surface area (Å²) in [5.74, 6) is -2.39. The largest absolute Gasteiger partial charge is 0.497 e. The molecule has 0 saturated carbocycles. The van der Waals surface area contributed by atoms with Gasteiger partial charge in [-0.3, -0.25) is 4.79 Å². The summed E-state index contributed by atoms with van der Waals surface area (Å²) < 4.78 is 37.0. The highest BCUT2D eigenvalue weighted by Crippen LogP contribution is 2.27. The molecular formula is C24H34ClF3N6O4. The molecule has 212 valence electrons. The van der Waals surface area contributed by atoms with E-state index in [1.807, 2.05) is 26.2 Å². The van der Waals surface area contributed by atoms with Crippen LogP contribution in [0.3, 0.4) is 0 Å². The highest BCUT2D eigenvalue weighted by Gasteiger charge is 2.38. The maximum Gasteiger partial charge on any atom is 0.490 e. The number of aliphatic carboxylic acids is 1. The summed E-state index contributed by atoms with van der Waals surface area (Å²) in [4.78, 5) is 32.1. The van der Waals surface area contributed by atoms with Gasteiger partial charge in [0.2, 0.25) is 0 Å². The average molecular weight is 563 g/mol. The van der Waals surface area contributed by atoms with Gasteiger partial charge in [0.05, 0.1) is 12.6 Å². The number of ether oxygens (including phenoxy) is 1. The molecule has 0 aliphatic rings. The molecular weight excluding hydrogens is 529 g/mol. The second-order valence-electron chi connectivity index (χ2n) is 8.92. The number of carboxylic acid groups (broad SMARTS) is 1. The molecule has 38 heavy (non-hydrogen) atoms. The van der Waals surface area contributed by atoms with Crippen LogP contribution in [0.15, 0.2) is 24.3 Å². The van der Waals surface area contributed by atoms with Crippen molar-refractivity contribution >= 4 is 35.1 Å². The van der Waals surface area contributed by atoms with Crippen molar-refractivity contribution in [2.45, 2.75) is 57.3 Å². The molecule has 1 aromatic carbocycles. The minimum atomic E-state index is -5.08. The lowest BCUT2D eigenvalue weighted by atomic mass is 9.83. The van der Waals surface area contributed by atoms with Crippen LogP contribution >= 0.6 is 11.6 Å². The quantitative estimate of drug-likeness (QED) is 0.338. The van der Waals surface area contributed by atoms with Gasteiger partial charge in [0, 0.05) is 6.04 Å². The van der Waals surface area contributed by atoms with Crippen LogP contribution in [0, 0.1) is 0 Å². The van der Waals surface area contributed by atoms with Crippen LogP contribution in [-0.4, -0.2) is 70.8 Å². The predicted octanol–water partition coefficient (Wildman–Crippen LogP) is 3.79. The summed E-state index contributed by atoms with van der Waals surface area (Å²) >= 11 is 5.96. The number of amides is 1. The van der Waals surface area contributed by atoms with Crippen LogP contribution in [0.4, 0.5) is 24.8 Å². The molecule has 0 radical (unpaired) electrons. The third-order valence-electron chi connectivity index (χ3n) is 5.76. The third-order valence-corrected chi connectivity index (χ3v) is 6.03. The van der Waals surface area contributed by atoms with E-state index in [-0.39, 0.29) is 28.5 Å². The van der Waals surface area contributed by atoms with Gasteiger partial charge in [-0.05, 0) is 58.0 Å². The van der Waals surface area contributed by atoms with Crippen molar-refractivity contribution in [3.05, 3.63) is 40.7 Å². The Kier molecular flexibility index (Phi) is 12.1. The Morgan fingerprint density at radius 3 is 2.16 bits per heavy atom. The fourth-order valence-corrected chi connectivity index (χ4v) is 4.13. The van der Waals surface area contributed by atoms with Crippen LogP contribution in [-0.2, 0) is 11.2 Å². The zero-order chi connectivity index (χ0) is 29.3. The van der Waals surface area contributed by atoms with E-state index >= 15 is 0 Å². The molecule has 14 heteroatoms. The van der Waals surface area contributed by atoms with Crippen LogP contribution in [0.25, 0.3) is 0 Å². The molecule has 2 rings (SSSR count). The summed E-state index contributed by atoms with van der Waals surface area (Å²) in [5, 5.41) is 10.2. The Balaban J connectivity index is 0.000000905. The number of aryl methyl sites for hydroxylation is 1. The number of methoxy groups -OCH3 is 1. The van der Waals surface area contributed by atoms with E-state index in [1.54, 1.807) is 7.11 Å². The van der Waals surface area contributed by atoms with Crippen LogP contribution in [0.2, 0.25) is 5.15 Å². The molecule has 0 bridgehead atoms. The fraction of sp³-hybridized carbons (Fsp3) is 0.500. The molecule has 0 aliphatic carbocycles. The second kappa shape index (κ2) is 14.0. The van der Waals surface area contributed by atoms with Gasteiger partial charge in [-0.2, -0.15) is 13.2 Å². The molecule has 1 heterocycles. The minimum absolute atomic E-state index is 0.00213. The fourth-order valence-electron chi connectivity index (χ4n) is 4.00. The van der Waals surface area contributed by atoms with Gasteiger partial charge in [-0.25, -0.2) is 14.8 Å². The van der Waals surface area contributed by atoms with Crippen molar-refractivity contribution in [2.24, 2.45) is 0 Å². The Morgan fingerprint density at radius 2 is 1.71 bits per heavy atom. The zero-order valence-corrected chi connectivity index (χ0v) is 22.7. The van der Waals surface area contributed by atoms with Gasteiger partial charge in [0.25, 0.3) is 5.91 Å². The number of aromatic nitrogens is 2. The highest BCUT2D eigenvalue weighted by molar-refractivity contribution is 6.31. The van der Waals surface area contributed by atoms with Gasteiger partial charge in [-0.1, -0.05) is 37.1 Å². The van der Waals surface area contributed by atoms with Gasteiger partial charge in [0.1, 0.15) is 5.75 Å². The summed E-state index contributed by atoms with van der Waals surface area (Å²) in [6.45, 7) is 4.14.